The van der Waals surface area contributed by atoms with Crippen LogP contribution in [-0.2, 0) is 16.1 Å². The highest BCUT2D eigenvalue weighted by atomic mass is 32.2. The molecule has 2 aromatic heterocycles. The normalized spacial score (nSPS) is 22.5. The molecule has 0 aliphatic carbocycles. The van der Waals surface area contributed by atoms with Crippen LogP contribution < -0.4 is 0 Å². The van der Waals surface area contributed by atoms with Gasteiger partial charge in [-0.25, -0.2) is 9.97 Å². The highest BCUT2D eigenvalue weighted by Crippen LogP contribution is 2.31. The topological polar surface area (TPSA) is 66.4 Å². The van der Waals surface area contributed by atoms with Gasteiger partial charge in [0, 0.05) is 30.7 Å². The molecule has 8 heteroatoms. The maximum absolute atomic E-state index is 12.8. The summed E-state index contributed by atoms with van der Waals surface area (Å²) in [4.78, 5) is 37.9. The van der Waals surface area contributed by atoms with Crippen LogP contribution in [0.1, 0.15) is 18.5 Å². The molecule has 26 heavy (non-hydrogen) atoms. The van der Waals surface area contributed by atoms with Crippen molar-refractivity contribution < 1.29 is 9.59 Å². The molecule has 3 aliphatic heterocycles. The zero-order chi connectivity index (χ0) is 17.9. The minimum atomic E-state index is -0.0869. The fourth-order valence-corrected chi connectivity index (χ4v) is 4.92. The van der Waals surface area contributed by atoms with Gasteiger partial charge in [0.15, 0.2) is 0 Å². The number of hydrogen-bond donors (Lipinski definition) is 0. The molecule has 6 nitrogen and oxygen atoms in total. The first kappa shape index (κ1) is 17.5. The molecule has 3 saturated heterocycles. The van der Waals surface area contributed by atoms with Crippen LogP contribution >= 0.6 is 23.1 Å². The Morgan fingerprint density at radius 1 is 1.27 bits per heavy atom. The van der Waals surface area contributed by atoms with Gasteiger partial charge in [0.2, 0.25) is 11.8 Å². The van der Waals surface area contributed by atoms with Crippen LogP contribution in [0.25, 0.3) is 0 Å². The lowest BCUT2D eigenvalue weighted by atomic mass is 9.94. The molecule has 3 aliphatic rings. The molecule has 2 atom stereocenters. The number of carbonyl (C=O) groups excluding carboxylic acids is 2. The number of amides is 2. The Bertz CT molecular complexity index is 769. The first-order valence-corrected chi connectivity index (χ1v) is 10.6. The molecule has 0 aromatic carbocycles. The van der Waals surface area contributed by atoms with Gasteiger partial charge in [0.05, 0.1) is 34.4 Å². The van der Waals surface area contributed by atoms with E-state index in [1.165, 1.54) is 11.8 Å². The lowest BCUT2D eigenvalue weighted by Crippen LogP contribution is -2.47. The monoisotopic (exact) mass is 388 g/mol. The number of carbonyl (C=O) groups is 2. The molecule has 2 aromatic rings. The molecule has 3 fully saturated rings. The summed E-state index contributed by atoms with van der Waals surface area (Å²) in [6, 6.07) is 5.78. The predicted molar refractivity (Wildman–Crippen MR) is 101 cm³/mol. The standard InChI is InChI=1S/C18H20N4O2S2/c23-17(11-26-16-3-1-2-6-19-16)21-7-13-4-5-15(9-21)22(18(13)24)8-14-10-25-12-20-14/h1-3,6,10,12-13,15H,4-5,7-9,11H2. The van der Waals surface area contributed by atoms with E-state index in [-0.39, 0.29) is 23.8 Å². The van der Waals surface area contributed by atoms with Crippen molar-refractivity contribution in [3.8, 4) is 0 Å². The number of aromatic nitrogens is 2. The second kappa shape index (κ2) is 7.75. The van der Waals surface area contributed by atoms with Crippen molar-refractivity contribution >= 4 is 34.9 Å². The summed E-state index contributed by atoms with van der Waals surface area (Å²) in [6.45, 7) is 1.70. The lowest BCUT2D eigenvalue weighted by molar-refractivity contribution is -0.140. The average Bonchev–Trinajstić information content (AvgIpc) is 3.03. The Morgan fingerprint density at radius 3 is 2.96 bits per heavy atom. The number of pyridine rings is 1. The lowest BCUT2D eigenvalue weighted by Gasteiger charge is -2.35. The third-order valence-corrected chi connectivity index (χ3v) is 6.51. The minimum Gasteiger partial charge on any atom is -0.339 e. The molecule has 5 rings (SSSR count). The third-order valence-electron chi connectivity index (χ3n) is 4.94. The van der Waals surface area contributed by atoms with Gasteiger partial charge in [-0.05, 0) is 25.0 Å². The largest absolute Gasteiger partial charge is 0.339 e. The molecule has 2 amide bonds. The molecular weight excluding hydrogens is 368 g/mol. The molecule has 0 radical (unpaired) electrons. The number of thioether (sulfide) groups is 1. The molecule has 5 heterocycles. The Hall–Kier alpha value is -1.93. The maximum atomic E-state index is 12.8. The van der Waals surface area contributed by atoms with Crippen LogP contribution in [-0.4, -0.2) is 56.5 Å². The van der Waals surface area contributed by atoms with Crippen molar-refractivity contribution in [2.45, 2.75) is 30.5 Å². The smallest absolute Gasteiger partial charge is 0.233 e. The van der Waals surface area contributed by atoms with E-state index in [0.717, 1.165) is 23.6 Å². The van der Waals surface area contributed by atoms with Crippen LogP contribution in [0, 0.1) is 5.92 Å². The van der Waals surface area contributed by atoms with Gasteiger partial charge >= 0.3 is 0 Å². The second-order valence-corrected chi connectivity index (χ2v) is 8.34. The van der Waals surface area contributed by atoms with Gasteiger partial charge in [-0.1, -0.05) is 17.8 Å². The number of fused-ring (bicyclic) bond motifs is 4. The van der Waals surface area contributed by atoms with E-state index in [2.05, 4.69) is 9.97 Å². The summed E-state index contributed by atoms with van der Waals surface area (Å²) in [6.07, 6.45) is 3.56. The van der Waals surface area contributed by atoms with Crippen LogP contribution in [0.4, 0.5) is 0 Å². The Labute approximate surface area is 160 Å². The van der Waals surface area contributed by atoms with Crippen molar-refractivity contribution in [3.63, 3.8) is 0 Å². The SMILES string of the molecule is O=C(CSc1ccccn1)N1CC2CCC(C1)N(Cc1cscn1)C2=O. The first-order valence-electron chi connectivity index (χ1n) is 8.70. The molecule has 136 valence electrons. The molecule has 2 bridgehead atoms. The summed E-state index contributed by atoms with van der Waals surface area (Å²) >= 11 is 2.99. The zero-order valence-corrected chi connectivity index (χ0v) is 15.9. The number of rotatable bonds is 5. The Balaban J connectivity index is 1.42. The van der Waals surface area contributed by atoms with Crippen molar-refractivity contribution in [2.75, 3.05) is 18.8 Å². The quantitative estimate of drug-likeness (QED) is 0.735. The molecule has 0 saturated carbocycles. The van der Waals surface area contributed by atoms with E-state index < -0.39 is 0 Å². The van der Waals surface area contributed by atoms with Crippen molar-refractivity contribution in [3.05, 3.63) is 41.0 Å². The van der Waals surface area contributed by atoms with Gasteiger partial charge in [-0.3, -0.25) is 9.59 Å². The zero-order valence-electron chi connectivity index (χ0n) is 14.3. The van der Waals surface area contributed by atoms with Crippen LogP contribution in [0.15, 0.2) is 40.3 Å². The highest BCUT2D eigenvalue weighted by Gasteiger charge is 2.41. The van der Waals surface area contributed by atoms with Crippen LogP contribution in [0.5, 0.6) is 0 Å². The van der Waals surface area contributed by atoms with Crippen LogP contribution in [0.2, 0.25) is 0 Å². The van der Waals surface area contributed by atoms with E-state index in [4.69, 9.17) is 0 Å². The highest BCUT2D eigenvalue weighted by molar-refractivity contribution is 7.99. The van der Waals surface area contributed by atoms with E-state index in [9.17, 15) is 9.59 Å². The van der Waals surface area contributed by atoms with Gasteiger partial charge in [-0.2, -0.15) is 0 Å². The molecule has 0 spiro atoms. The Kier molecular flexibility index (Phi) is 5.21. The Morgan fingerprint density at radius 2 is 2.19 bits per heavy atom. The summed E-state index contributed by atoms with van der Waals surface area (Å²) in [7, 11) is 0. The van der Waals surface area contributed by atoms with Crippen molar-refractivity contribution in [1.29, 1.82) is 0 Å². The molecule has 0 N–H and O–H groups in total. The van der Waals surface area contributed by atoms with Crippen LogP contribution in [0.3, 0.4) is 0 Å². The van der Waals surface area contributed by atoms with Gasteiger partial charge in [-0.15, -0.1) is 11.3 Å². The number of hydrogen-bond acceptors (Lipinski definition) is 6. The van der Waals surface area contributed by atoms with E-state index in [1.54, 1.807) is 23.0 Å². The average molecular weight is 389 g/mol. The van der Waals surface area contributed by atoms with Gasteiger partial charge in [0.25, 0.3) is 0 Å². The molecule has 2 unspecified atom stereocenters. The fraction of sp³-hybridized carbons (Fsp3) is 0.444. The summed E-state index contributed by atoms with van der Waals surface area (Å²) in [5.41, 5.74) is 2.72. The van der Waals surface area contributed by atoms with Gasteiger partial charge in [0.1, 0.15) is 0 Å². The van der Waals surface area contributed by atoms with Crippen molar-refractivity contribution in [1.82, 2.24) is 19.8 Å². The third kappa shape index (κ3) is 3.76. The number of nitrogens with zero attached hydrogens (tertiary/aromatic N) is 4. The number of thiazole rings is 1. The predicted octanol–water partition coefficient (Wildman–Crippen LogP) is 2.28. The minimum absolute atomic E-state index is 0.0841. The number of piperidine rings is 1. The summed E-state index contributed by atoms with van der Waals surface area (Å²) in [5, 5.41) is 2.83. The van der Waals surface area contributed by atoms with E-state index in [1.807, 2.05) is 33.4 Å². The van der Waals surface area contributed by atoms with Gasteiger partial charge < -0.3 is 9.80 Å². The van der Waals surface area contributed by atoms with Crippen molar-refractivity contribution in [2.24, 2.45) is 5.92 Å². The van der Waals surface area contributed by atoms with E-state index in [0.29, 0.717) is 25.4 Å². The molecular formula is C18H20N4O2S2. The summed E-state index contributed by atoms with van der Waals surface area (Å²) < 4.78 is 0. The first-order chi connectivity index (χ1) is 12.7. The summed E-state index contributed by atoms with van der Waals surface area (Å²) in [5.74, 6) is 0.524. The van der Waals surface area contributed by atoms with E-state index >= 15 is 0 Å². The second-order valence-electron chi connectivity index (χ2n) is 6.63. The maximum Gasteiger partial charge on any atom is 0.233 e. The fourth-order valence-electron chi connectivity index (χ4n) is 3.60.